The van der Waals surface area contributed by atoms with E-state index in [0.717, 1.165) is 29.5 Å². The molecule has 0 aliphatic carbocycles. The maximum atomic E-state index is 11.1. The summed E-state index contributed by atoms with van der Waals surface area (Å²) in [5.41, 5.74) is 3.00. The van der Waals surface area contributed by atoms with Gasteiger partial charge in [0.05, 0.1) is 0 Å². The van der Waals surface area contributed by atoms with Crippen molar-refractivity contribution in [2.75, 3.05) is 5.32 Å². The molecule has 1 aromatic carbocycles. The summed E-state index contributed by atoms with van der Waals surface area (Å²) in [6, 6.07) is 5.68. The number of anilines is 1. The van der Waals surface area contributed by atoms with Crippen molar-refractivity contribution in [2.45, 2.75) is 19.3 Å². The Bertz CT molecular complexity index is 371. The summed E-state index contributed by atoms with van der Waals surface area (Å²) in [5.74, 6) is 0.0563. The Kier molecular flexibility index (Phi) is 2.31. The van der Waals surface area contributed by atoms with Gasteiger partial charge in [-0.3, -0.25) is 4.79 Å². The predicted octanol–water partition coefficient (Wildman–Crippen LogP) is 1.31. The zero-order valence-corrected chi connectivity index (χ0v) is 7.75. The molecule has 1 heterocycles. The van der Waals surface area contributed by atoms with E-state index in [1.165, 1.54) is 0 Å². The minimum Gasteiger partial charge on any atom is -0.326 e. The Morgan fingerprint density at radius 1 is 1.36 bits per heavy atom. The average Bonchev–Trinajstić information content (AvgIpc) is 2.18. The molecular formula is C11H11NO2. The molecule has 1 aliphatic rings. The van der Waals surface area contributed by atoms with Crippen LogP contribution in [0.15, 0.2) is 18.2 Å². The summed E-state index contributed by atoms with van der Waals surface area (Å²) in [6.07, 6.45) is 2.58. The van der Waals surface area contributed by atoms with Crippen molar-refractivity contribution in [2.24, 2.45) is 0 Å². The molecule has 72 valence electrons. The lowest BCUT2D eigenvalue weighted by Crippen LogP contribution is -2.20. The molecule has 0 saturated carbocycles. The van der Waals surface area contributed by atoms with E-state index in [1.54, 1.807) is 0 Å². The van der Waals surface area contributed by atoms with Crippen LogP contribution in [0.1, 0.15) is 17.5 Å². The van der Waals surface area contributed by atoms with Gasteiger partial charge in [-0.05, 0) is 23.6 Å². The number of aldehydes is 1. The molecule has 14 heavy (non-hydrogen) atoms. The van der Waals surface area contributed by atoms with Gasteiger partial charge in [-0.1, -0.05) is 12.1 Å². The fraction of sp³-hybridized carbons (Fsp3) is 0.273. The highest BCUT2D eigenvalue weighted by molar-refractivity contribution is 5.94. The van der Waals surface area contributed by atoms with Gasteiger partial charge in [0.1, 0.15) is 6.29 Å². The monoisotopic (exact) mass is 189 g/mol. The molecule has 0 atom stereocenters. The molecule has 0 saturated heterocycles. The molecule has 3 heteroatoms. The smallest absolute Gasteiger partial charge is 0.224 e. The van der Waals surface area contributed by atoms with E-state index in [4.69, 9.17) is 0 Å². The fourth-order valence-corrected chi connectivity index (χ4v) is 1.78. The van der Waals surface area contributed by atoms with Gasteiger partial charge < -0.3 is 10.1 Å². The molecule has 0 unspecified atom stereocenters. The molecule has 1 aliphatic heterocycles. The maximum absolute atomic E-state index is 11.1. The Labute approximate surface area is 82.1 Å². The van der Waals surface area contributed by atoms with Crippen LogP contribution < -0.4 is 5.32 Å². The van der Waals surface area contributed by atoms with E-state index in [2.05, 4.69) is 5.32 Å². The Hall–Kier alpha value is -1.64. The van der Waals surface area contributed by atoms with Gasteiger partial charge in [0.15, 0.2) is 0 Å². The van der Waals surface area contributed by atoms with E-state index >= 15 is 0 Å². The molecular weight excluding hydrogens is 178 g/mol. The molecule has 3 nitrogen and oxygen atoms in total. The van der Waals surface area contributed by atoms with Crippen molar-refractivity contribution in [1.82, 2.24) is 0 Å². The number of rotatable bonds is 2. The first kappa shape index (κ1) is 8.94. The third-order valence-corrected chi connectivity index (χ3v) is 2.45. The molecule has 1 N–H and O–H groups in total. The van der Waals surface area contributed by atoms with Crippen LogP contribution in [0.5, 0.6) is 0 Å². The molecule has 0 radical (unpaired) electrons. The van der Waals surface area contributed by atoms with Crippen LogP contribution in [0.3, 0.4) is 0 Å². The van der Waals surface area contributed by atoms with E-state index in [1.807, 2.05) is 18.2 Å². The third kappa shape index (κ3) is 1.53. The first-order chi connectivity index (χ1) is 6.81. The van der Waals surface area contributed by atoms with Gasteiger partial charge in [0.25, 0.3) is 0 Å². The van der Waals surface area contributed by atoms with Crippen LogP contribution in [0.25, 0.3) is 0 Å². The Balaban J connectivity index is 2.40. The molecule has 0 bridgehead atoms. The van der Waals surface area contributed by atoms with E-state index in [-0.39, 0.29) is 5.91 Å². The molecule has 1 aromatic rings. The lowest BCUT2D eigenvalue weighted by Gasteiger charge is -2.18. The number of amides is 1. The minimum atomic E-state index is 0.0563. The van der Waals surface area contributed by atoms with Crippen LogP contribution in [-0.4, -0.2) is 12.2 Å². The second kappa shape index (κ2) is 3.62. The Morgan fingerprint density at radius 2 is 2.21 bits per heavy atom. The minimum absolute atomic E-state index is 0.0563. The number of hydrogen-bond acceptors (Lipinski definition) is 2. The van der Waals surface area contributed by atoms with Crippen molar-refractivity contribution in [1.29, 1.82) is 0 Å². The van der Waals surface area contributed by atoms with Gasteiger partial charge in [0, 0.05) is 18.5 Å². The standard InChI is InChI=1S/C11H11NO2/c13-7-6-8-2-1-3-10-9(8)4-5-11(14)12-10/h1-3,7H,4-6H2,(H,12,14). The number of benzene rings is 1. The van der Waals surface area contributed by atoms with Crippen molar-refractivity contribution < 1.29 is 9.59 Å². The number of hydrogen-bond donors (Lipinski definition) is 1. The van der Waals surface area contributed by atoms with Crippen molar-refractivity contribution in [3.05, 3.63) is 29.3 Å². The van der Waals surface area contributed by atoms with E-state index in [9.17, 15) is 9.59 Å². The zero-order valence-electron chi connectivity index (χ0n) is 7.75. The summed E-state index contributed by atoms with van der Waals surface area (Å²) >= 11 is 0. The van der Waals surface area contributed by atoms with Gasteiger partial charge in [-0.15, -0.1) is 0 Å². The van der Waals surface area contributed by atoms with Gasteiger partial charge >= 0.3 is 0 Å². The number of carbonyl (C=O) groups is 2. The van der Waals surface area contributed by atoms with Crippen molar-refractivity contribution >= 4 is 17.9 Å². The number of fused-ring (bicyclic) bond motifs is 1. The molecule has 0 spiro atoms. The highest BCUT2D eigenvalue weighted by Gasteiger charge is 2.16. The van der Waals surface area contributed by atoms with Gasteiger partial charge in [0.2, 0.25) is 5.91 Å². The average molecular weight is 189 g/mol. The van der Waals surface area contributed by atoms with Crippen LogP contribution in [-0.2, 0) is 22.4 Å². The van der Waals surface area contributed by atoms with Gasteiger partial charge in [-0.25, -0.2) is 0 Å². The largest absolute Gasteiger partial charge is 0.326 e. The lowest BCUT2D eigenvalue weighted by atomic mass is 9.96. The van der Waals surface area contributed by atoms with Crippen LogP contribution in [0, 0.1) is 0 Å². The second-order valence-electron chi connectivity index (χ2n) is 3.36. The first-order valence-electron chi connectivity index (χ1n) is 4.65. The molecule has 0 aromatic heterocycles. The Morgan fingerprint density at radius 3 is 3.00 bits per heavy atom. The third-order valence-electron chi connectivity index (χ3n) is 2.45. The van der Waals surface area contributed by atoms with Gasteiger partial charge in [-0.2, -0.15) is 0 Å². The van der Waals surface area contributed by atoms with Crippen LogP contribution >= 0.6 is 0 Å². The highest BCUT2D eigenvalue weighted by Crippen LogP contribution is 2.25. The zero-order chi connectivity index (χ0) is 9.97. The summed E-state index contributed by atoms with van der Waals surface area (Å²) in [4.78, 5) is 21.6. The summed E-state index contributed by atoms with van der Waals surface area (Å²) in [7, 11) is 0. The molecule has 1 amide bonds. The van der Waals surface area contributed by atoms with Crippen LogP contribution in [0.2, 0.25) is 0 Å². The fourth-order valence-electron chi connectivity index (χ4n) is 1.78. The lowest BCUT2D eigenvalue weighted by molar-refractivity contribution is -0.116. The predicted molar refractivity (Wildman–Crippen MR) is 53.2 cm³/mol. The summed E-state index contributed by atoms with van der Waals surface area (Å²) in [6.45, 7) is 0. The van der Waals surface area contributed by atoms with E-state index in [0.29, 0.717) is 12.8 Å². The normalized spacial score (nSPS) is 14.4. The first-order valence-corrected chi connectivity index (χ1v) is 4.65. The van der Waals surface area contributed by atoms with E-state index < -0.39 is 0 Å². The highest BCUT2D eigenvalue weighted by atomic mass is 16.1. The quantitative estimate of drug-likeness (QED) is 0.713. The molecule has 0 fully saturated rings. The topological polar surface area (TPSA) is 46.2 Å². The van der Waals surface area contributed by atoms with Crippen molar-refractivity contribution in [3.8, 4) is 0 Å². The number of carbonyl (C=O) groups excluding carboxylic acids is 2. The maximum Gasteiger partial charge on any atom is 0.224 e. The summed E-state index contributed by atoms with van der Waals surface area (Å²) < 4.78 is 0. The second-order valence-corrected chi connectivity index (χ2v) is 3.36. The number of nitrogens with one attached hydrogen (secondary N) is 1. The summed E-state index contributed by atoms with van der Waals surface area (Å²) in [5, 5.41) is 2.80. The van der Waals surface area contributed by atoms with Crippen LogP contribution in [0.4, 0.5) is 5.69 Å². The van der Waals surface area contributed by atoms with Crippen molar-refractivity contribution in [3.63, 3.8) is 0 Å². The SMILES string of the molecule is O=CCc1cccc2c1CCC(=O)N2. The molecule has 2 rings (SSSR count).